The molecule has 0 radical (unpaired) electrons. The first-order valence-corrected chi connectivity index (χ1v) is 12.3. The van der Waals surface area contributed by atoms with E-state index in [-0.39, 0.29) is 11.7 Å². The molecule has 0 unspecified atom stereocenters. The molecule has 0 N–H and O–H groups in total. The highest BCUT2D eigenvalue weighted by atomic mass is 32.2. The number of fused-ring (bicyclic) bond motifs is 1. The number of carbonyl (C=O) groups excluding carboxylic acids is 1. The Hall–Kier alpha value is -1.93. The quantitative estimate of drug-likeness (QED) is 0.748. The Morgan fingerprint density at radius 2 is 1.86 bits per heavy atom. The maximum atomic E-state index is 13.0. The van der Waals surface area contributed by atoms with Gasteiger partial charge in [0.15, 0.2) is 0 Å². The summed E-state index contributed by atoms with van der Waals surface area (Å²) in [5.41, 5.74) is 2.68. The van der Waals surface area contributed by atoms with Crippen molar-refractivity contribution >= 4 is 21.4 Å². The van der Waals surface area contributed by atoms with Gasteiger partial charge < -0.3 is 4.90 Å². The minimum absolute atomic E-state index is 0.0670. The van der Waals surface area contributed by atoms with Crippen LogP contribution in [0.2, 0.25) is 0 Å². The Balaban J connectivity index is 1.51. The number of hydrogen-bond acceptors (Lipinski definition) is 4. The van der Waals surface area contributed by atoms with Gasteiger partial charge in [0.1, 0.15) is 0 Å². The number of carbonyl (C=O) groups is 1. The zero-order valence-corrected chi connectivity index (χ0v) is 17.9. The van der Waals surface area contributed by atoms with Crippen LogP contribution in [0.25, 0.3) is 5.52 Å². The van der Waals surface area contributed by atoms with E-state index in [4.69, 9.17) is 0 Å². The third-order valence-corrected chi connectivity index (χ3v) is 8.28. The molecule has 2 aliphatic rings. The molecule has 2 aromatic heterocycles. The molecule has 0 aliphatic carbocycles. The van der Waals surface area contributed by atoms with Gasteiger partial charge in [-0.25, -0.2) is 17.2 Å². The van der Waals surface area contributed by atoms with Gasteiger partial charge in [0.05, 0.1) is 23.0 Å². The number of amides is 1. The molecule has 2 saturated heterocycles. The highest BCUT2D eigenvalue weighted by Gasteiger charge is 2.28. The average molecular weight is 419 g/mol. The van der Waals surface area contributed by atoms with Gasteiger partial charge in [0.25, 0.3) is 5.91 Å². The fraction of sp³-hybridized carbons (Fsp3) is 0.619. The second-order valence-corrected chi connectivity index (χ2v) is 10.3. The van der Waals surface area contributed by atoms with Crippen molar-refractivity contribution in [2.24, 2.45) is 0 Å². The maximum absolute atomic E-state index is 13.0. The van der Waals surface area contributed by atoms with E-state index in [9.17, 15) is 13.2 Å². The Bertz CT molecular complexity index is 971. The molecule has 0 atom stereocenters. The van der Waals surface area contributed by atoms with E-state index in [0.717, 1.165) is 44.3 Å². The lowest BCUT2D eigenvalue weighted by Gasteiger charge is -2.31. The standard InChI is InChI=1S/C21H30N4O3S/c1-2-14-29(27,28)24-11-6-17(7-12-24)18-8-13-25-20(15-18)19(16-22-25)21(26)23-9-4-3-5-10-23/h8,13,15-17H,2-7,9-12,14H2,1H3. The predicted molar refractivity (Wildman–Crippen MR) is 113 cm³/mol. The fourth-order valence-electron chi connectivity index (χ4n) is 4.54. The van der Waals surface area contributed by atoms with Crippen LogP contribution < -0.4 is 0 Å². The Morgan fingerprint density at radius 1 is 1.14 bits per heavy atom. The van der Waals surface area contributed by atoms with Gasteiger partial charge in [-0.1, -0.05) is 6.92 Å². The van der Waals surface area contributed by atoms with Crippen molar-refractivity contribution in [3.05, 3.63) is 35.7 Å². The van der Waals surface area contributed by atoms with Crippen molar-refractivity contribution < 1.29 is 13.2 Å². The van der Waals surface area contributed by atoms with Gasteiger partial charge in [-0.2, -0.15) is 5.10 Å². The maximum Gasteiger partial charge on any atom is 0.257 e. The smallest absolute Gasteiger partial charge is 0.257 e. The van der Waals surface area contributed by atoms with Gasteiger partial charge in [0.2, 0.25) is 10.0 Å². The summed E-state index contributed by atoms with van der Waals surface area (Å²) < 4.78 is 28.0. The first-order chi connectivity index (χ1) is 14.0. The monoisotopic (exact) mass is 418 g/mol. The molecule has 1 amide bonds. The van der Waals surface area contributed by atoms with Crippen molar-refractivity contribution in [1.82, 2.24) is 18.8 Å². The average Bonchev–Trinajstić information content (AvgIpc) is 3.17. The summed E-state index contributed by atoms with van der Waals surface area (Å²) in [6.45, 7) is 4.67. The van der Waals surface area contributed by atoms with Crippen LogP contribution in [0.15, 0.2) is 24.5 Å². The Labute approximate surface area is 172 Å². The highest BCUT2D eigenvalue weighted by molar-refractivity contribution is 7.89. The number of nitrogens with zero attached hydrogens (tertiary/aromatic N) is 4. The van der Waals surface area contributed by atoms with Crippen LogP contribution in [0, 0.1) is 0 Å². The lowest BCUT2D eigenvalue weighted by Crippen LogP contribution is -2.39. The molecule has 4 heterocycles. The predicted octanol–water partition coefficient (Wildman–Crippen LogP) is 2.88. The fourth-order valence-corrected chi connectivity index (χ4v) is 6.08. The third kappa shape index (κ3) is 4.19. The van der Waals surface area contributed by atoms with Crippen LogP contribution >= 0.6 is 0 Å². The largest absolute Gasteiger partial charge is 0.339 e. The highest BCUT2D eigenvalue weighted by Crippen LogP contribution is 2.30. The van der Waals surface area contributed by atoms with Crippen molar-refractivity contribution in [1.29, 1.82) is 0 Å². The number of sulfonamides is 1. The molecule has 7 nitrogen and oxygen atoms in total. The molecule has 8 heteroatoms. The molecular formula is C21H30N4O3S. The molecule has 0 bridgehead atoms. The van der Waals surface area contributed by atoms with Crippen molar-refractivity contribution in [2.45, 2.75) is 51.4 Å². The van der Waals surface area contributed by atoms with Crippen molar-refractivity contribution in [2.75, 3.05) is 31.9 Å². The first-order valence-electron chi connectivity index (χ1n) is 10.7. The molecule has 0 spiro atoms. The van der Waals surface area contributed by atoms with E-state index in [0.29, 0.717) is 31.0 Å². The Morgan fingerprint density at radius 3 is 2.55 bits per heavy atom. The number of likely N-dealkylation sites (tertiary alicyclic amines) is 1. The van der Waals surface area contributed by atoms with Gasteiger partial charge in [-0.15, -0.1) is 0 Å². The number of piperidine rings is 2. The molecular weight excluding hydrogens is 388 g/mol. The van der Waals surface area contributed by atoms with Crippen molar-refractivity contribution in [3.63, 3.8) is 0 Å². The molecule has 2 fully saturated rings. The number of rotatable bonds is 5. The van der Waals surface area contributed by atoms with Gasteiger partial charge in [-0.3, -0.25) is 4.79 Å². The zero-order valence-electron chi connectivity index (χ0n) is 17.1. The number of pyridine rings is 1. The van der Waals surface area contributed by atoms with Crippen LogP contribution in [0.1, 0.15) is 67.3 Å². The lowest BCUT2D eigenvalue weighted by molar-refractivity contribution is 0.0726. The van der Waals surface area contributed by atoms with Crippen LogP contribution in [-0.2, 0) is 10.0 Å². The summed E-state index contributed by atoms with van der Waals surface area (Å²) in [6.07, 6.45) is 9.17. The number of aromatic nitrogens is 2. The van der Waals surface area contributed by atoms with Crippen LogP contribution in [-0.4, -0.2) is 65.1 Å². The topological polar surface area (TPSA) is 75.0 Å². The van der Waals surface area contributed by atoms with Crippen LogP contribution in [0.4, 0.5) is 0 Å². The van der Waals surface area contributed by atoms with E-state index in [2.05, 4.69) is 17.2 Å². The molecule has 2 aliphatic heterocycles. The number of hydrogen-bond donors (Lipinski definition) is 0. The first kappa shape index (κ1) is 20.3. The van der Waals surface area contributed by atoms with Crippen molar-refractivity contribution in [3.8, 4) is 0 Å². The molecule has 4 rings (SSSR count). The molecule has 0 aromatic carbocycles. The molecule has 2 aromatic rings. The normalized spacial score (nSPS) is 19.7. The summed E-state index contributed by atoms with van der Waals surface area (Å²) in [5, 5.41) is 4.37. The van der Waals surface area contributed by atoms with E-state index >= 15 is 0 Å². The van der Waals surface area contributed by atoms with Crippen LogP contribution in [0.3, 0.4) is 0 Å². The molecule has 0 saturated carbocycles. The van der Waals surface area contributed by atoms with E-state index in [1.807, 2.05) is 18.0 Å². The van der Waals surface area contributed by atoms with E-state index < -0.39 is 10.0 Å². The lowest BCUT2D eigenvalue weighted by atomic mass is 9.90. The minimum Gasteiger partial charge on any atom is -0.339 e. The summed E-state index contributed by atoms with van der Waals surface area (Å²) in [5.74, 6) is 0.597. The summed E-state index contributed by atoms with van der Waals surface area (Å²) in [6, 6.07) is 4.13. The van der Waals surface area contributed by atoms with Crippen LogP contribution in [0.5, 0.6) is 0 Å². The Kier molecular flexibility index (Phi) is 5.92. The minimum atomic E-state index is -3.13. The van der Waals surface area contributed by atoms with Gasteiger partial charge in [-0.05, 0) is 62.1 Å². The zero-order chi connectivity index (χ0) is 20.4. The summed E-state index contributed by atoms with van der Waals surface area (Å²) in [7, 11) is -3.13. The van der Waals surface area contributed by atoms with E-state index in [1.165, 1.54) is 12.0 Å². The second-order valence-electron chi connectivity index (χ2n) is 8.19. The van der Waals surface area contributed by atoms with Gasteiger partial charge >= 0.3 is 0 Å². The third-order valence-electron chi connectivity index (χ3n) is 6.20. The second kappa shape index (κ2) is 8.44. The van der Waals surface area contributed by atoms with E-state index in [1.54, 1.807) is 15.0 Å². The van der Waals surface area contributed by atoms with Gasteiger partial charge in [0, 0.05) is 32.4 Å². The SMILES string of the molecule is CCCS(=O)(=O)N1CCC(c2ccn3ncc(C(=O)N4CCCCC4)c3c2)CC1. The summed E-state index contributed by atoms with van der Waals surface area (Å²) in [4.78, 5) is 14.9. The molecule has 158 valence electrons. The summed E-state index contributed by atoms with van der Waals surface area (Å²) >= 11 is 0. The molecule has 29 heavy (non-hydrogen) atoms.